The average molecular weight is 216 g/mol. The molecule has 0 spiro atoms. The number of hydrogen-bond donors (Lipinski definition) is 2. The molecular formula is C10H20N2OS. The molecule has 0 radical (unpaired) electrons. The molecule has 0 saturated heterocycles. The van der Waals surface area contributed by atoms with Crippen molar-refractivity contribution in [2.75, 3.05) is 6.54 Å². The van der Waals surface area contributed by atoms with Crippen LogP contribution < -0.4 is 11.1 Å². The third-order valence-electron chi connectivity index (χ3n) is 1.93. The molecule has 14 heavy (non-hydrogen) atoms. The van der Waals surface area contributed by atoms with Gasteiger partial charge in [-0.05, 0) is 25.7 Å². The first kappa shape index (κ1) is 13.4. The van der Waals surface area contributed by atoms with E-state index in [9.17, 15) is 4.79 Å². The lowest BCUT2D eigenvalue weighted by Gasteiger charge is -2.03. The fraction of sp³-hybridized carbons (Fsp3) is 0.800. The lowest BCUT2D eigenvalue weighted by atomic mass is 10.2. The highest BCUT2D eigenvalue weighted by atomic mass is 32.1. The Morgan fingerprint density at radius 3 is 2.57 bits per heavy atom. The first-order valence-electron chi connectivity index (χ1n) is 5.21. The standard InChI is InChI=1S/C10H20N2OS/c1-2-3-7-10(13)12-8-5-4-6-9(11)14/h2-8H2,1H3,(H2,11,14)(H,12,13). The lowest BCUT2D eigenvalue weighted by molar-refractivity contribution is -0.121. The molecule has 3 N–H and O–H groups in total. The predicted octanol–water partition coefficient (Wildman–Crippen LogP) is 1.75. The van der Waals surface area contributed by atoms with Gasteiger partial charge in [-0.1, -0.05) is 25.6 Å². The molecule has 0 aliphatic rings. The maximum absolute atomic E-state index is 11.1. The molecule has 0 aliphatic heterocycles. The molecule has 82 valence electrons. The van der Waals surface area contributed by atoms with Gasteiger partial charge in [-0.25, -0.2) is 0 Å². The van der Waals surface area contributed by atoms with E-state index in [1.54, 1.807) is 0 Å². The van der Waals surface area contributed by atoms with Gasteiger partial charge in [-0.3, -0.25) is 4.79 Å². The van der Waals surface area contributed by atoms with Gasteiger partial charge in [0, 0.05) is 13.0 Å². The largest absolute Gasteiger partial charge is 0.393 e. The van der Waals surface area contributed by atoms with Gasteiger partial charge in [-0.2, -0.15) is 0 Å². The Bertz CT molecular complexity index is 183. The molecule has 4 heteroatoms. The second-order valence-corrected chi connectivity index (χ2v) is 3.90. The molecule has 0 atom stereocenters. The van der Waals surface area contributed by atoms with E-state index in [1.165, 1.54) is 0 Å². The van der Waals surface area contributed by atoms with Gasteiger partial charge in [0.2, 0.25) is 5.91 Å². The van der Waals surface area contributed by atoms with Gasteiger partial charge in [0.25, 0.3) is 0 Å². The highest BCUT2D eigenvalue weighted by Gasteiger charge is 1.98. The van der Waals surface area contributed by atoms with Crippen LogP contribution in [-0.4, -0.2) is 17.4 Å². The molecule has 1 amide bonds. The van der Waals surface area contributed by atoms with E-state index in [4.69, 9.17) is 18.0 Å². The Morgan fingerprint density at radius 2 is 2.00 bits per heavy atom. The van der Waals surface area contributed by atoms with Crippen molar-refractivity contribution in [1.82, 2.24) is 5.32 Å². The van der Waals surface area contributed by atoms with E-state index in [0.717, 1.165) is 38.6 Å². The molecule has 0 unspecified atom stereocenters. The minimum absolute atomic E-state index is 0.155. The number of carbonyl (C=O) groups is 1. The van der Waals surface area contributed by atoms with E-state index >= 15 is 0 Å². The Morgan fingerprint density at radius 1 is 1.29 bits per heavy atom. The quantitative estimate of drug-likeness (QED) is 0.480. The van der Waals surface area contributed by atoms with Crippen LogP contribution in [0.4, 0.5) is 0 Å². The summed E-state index contributed by atoms with van der Waals surface area (Å²) in [4.78, 5) is 11.7. The zero-order chi connectivity index (χ0) is 10.8. The van der Waals surface area contributed by atoms with Crippen molar-refractivity contribution in [3.8, 4) is 0 Å². The normalized spacial score (nSPS) is 9.79. The van der Waals surface area contributed by atoms with Gasteiger partial charge in [0.1, 0.15) is 0 Å². The van der Waals surface area contributed by atoms with Crippen LogP contribution in [0.5, 0.6) is 0 Å². The van der Waals surface area contributed by atoms with Crippen LogP contribution in [0.1, 0.15) is 45.4 Å². The molecule has 0 fully saturated rings. The maximum Gasteiger partial charge on any atom is 0.219 e. The second kappa shape index (κ2) is 8.94. The summed E-state index contributed by atoms with van der Waals surface area (Å²) in [6, 6.07) is 0. The summed E-state index contributed by atoms with van der Waals surface area (Å²) in [6.07, 6.45) is 5.37. The van der Waals surface area contributed by atoms with Crippen molar-refractivity contribution in [2.24, 2.45) is 5.73 Å². The highest BCUT2D eigenvalue weighted by molar-refractivity contribution is 7.80. The minimum Gasteiger partial charge on any atom is -0.393 e. The minimum atomic E-state index is 0.155. The summed E-state index contributed by atoms with van der Waals surface area (Å²) in [5, 5.41) is 2.87. The Labute approximate surface area is 91.4 Å². The van der Waals surface area contributed by atoms with Crippen LogP contribution in [0.15, 0.2) is 0 Å². The number of carbonyl (C=O) groups excluding carboxylic acids is 1. The lowest BCUT2D eigenvalue weighted by Crippen LogP contribution is -2.24. The average Bonchev–Trinajstić information content (AvgIpc) is 2.13. The summed E-state index contributed by atoms with van der Waals surface area (Å²) in [7, 11) is 0. The molecular weight excluding hydrogens is 196 g/mol. The topological polar surface area (TPSA) is 55.1 Å². The Kier molecular flexibility index (Phi) is 8.53. The molecule has 0 heterocycles. The van der Waals surface area contributed by atoms with Crippen molar-refractivity contribution in [3.05, 3.63) is 0 Å². The summed E-state index contributed by atoms with van der Waals surface area (Å²) >= 11 is 4.74. The SMILES string of the molecule is CCCCC(=O)NCCCCC(N)=S. The monoisotopic (exact) mass is 216 g/mol. The van der Waals surface area contributed by atoms with Gasteiger partial charge in [0.15, 0.2) is 0 Å². The van der Waals surface area contributed by atoms with Gasteiger partial charge in [0.05, 0.1) is 4.99 Å². The van der Waals surface area contributed by atoms with Crippen molar-refractivity contribution >= 4 is 23.1 Å². The van der Waals surface area contributed by atoms with Crippen molar-refractivity contribution in [1.29, 1.82) is 0 Å². The van der Waals surface area contributed by atoms with E-state index in [-0.39, 0.29) is 5.91 Å². The first-order chi connectivity index (χ1) is 6.66. The molecule has 0 bridgehead atoms. The fourth-order valence-electron chi connectivity index (χ4n) is 1.08. The van der Waals surface area contributed by atoms with Crippen molar-refractivity contribution in [2.45, 2.75) is 45.4 Å². The van der Waals surface area contributed by atoms with Gasteiger partial charge >= 0.3 is 0 Å². The van der Waals surface area contributed by atoms with E-state index in [2.05, 4.69) is 12.2 Å². The van der Waals surface area contributed by atoms with E-state index < -0.39 is 0 Å². The van der Waals surface area contributed by atoms with Crippen molar-refractivity contribution in [3.63, 3.8) is 0 Å². The Hall–Kier alpha value is -0.640. The van der Waals surface area contributed by atoms with E-state index in [0.29, 0.717) is 11.4 Å². The van der Waals surface area contributed by atoms with E-state index in [1.807, 2.05) is 0 Å². The molecule has 0 aromatic carbocycles. The number of unbranched alkanes of at least 4 members (excludes halogenated alkanes) is 2. The molecule has 0 aromatic rings. The second-order valence-electron chi connectivity index (χ2n) is 3.38. The third kappa shape index (κ3) is 9.45. The number of nitrogens with one attached hydrogen (secondary N) is 1. The van der Waals surface area contributed by atoms with Gasteiger partial charge in [-0.15, -0.1) is 0 Å². The van der Waals surface area contributed by atoms with Crippen LogP contribution in [-0.2, 0) is 4.79 Å². The van der Waals surface area contributed by atoms with Gasteiger partial charge < -0.3 is 11.1 Å². The summed E-state index contributed by atoms with van der Waals surface area (Å²) < 4.78 is 0. The third-order valence-corrected chi connectivity index (χ3v) is 2.13. The van der Waals surface area contributed by atoms with Crippen LogP contribution >= 0.6 is 12.2 Å². The number of amides is 1. The summed E-state index contributed by atoms with van der Waals surface area (Å²) in [6.45, 7) is 2.82. The first-order valence-corrected chi connectivity index (χ1v) is 5.62. The van der Waals surface area contributed by atoms with Crippen LogP contribution in [0.3, 0.4) is 0 Å². The maximum atomic E-state index is 11.1. The molecule has 0 aliphatic carbocycles. The zero-order valence-electron chi connectivity index (χ0n) is 8.84. The fourth-order valence-corrected chi connectivity index (χ4v) is 1.22. The highest BCUT2D eigenvalue weighted by Crippen LogP contribution is 1.96. The van der Waals surface area contributed by atoms with Crippen molar-refractivity contribution < 1.29 is 4.79 Å². The molecule has 0 aromatic heterocycles. The van der Waals surface area contributed by atoms with Crippen LogP contribution in [0.2, 0.25) is 0 Å². The predicted molar refractivity (Wildman–Crippen MR) is 63.2 cm³/mol. The van der Waals surface area contributed by atoms with Crippen LogP contribution in [0, 0.1) is 0 Å². The molecule has 0 saturated carbocycles. The number of rotatable bonds is 8. The molecule has 3 nitrogen and oxygen atoms in total. The number of nitrogens with two attached hydrogens (primary N) is 1. The summed E-state index contributed by atoms with van der Waals surface area (Å²) in [5.41, 5.74) is 5.34. The molecule has 0 rings (SSSR count). The number of thiocarbonyl (C=S) groups is 1. The zero-order valence-corrected chi connectivity index (χ0v) is 9.66. The van der Waals surface area contributed by atoms with Crippen LogP contribution in [0.25, 0.3) is 0 Å². The smallest absolute Gasteiger partial charge is 0.219 e. The summed E-state index contributed by atoms with van der Waals surface area (Å²) in [5.74, 6) is 0.155. The number of hydrogen-bond acceptors (Lipinski definition) is 2. The Balaban J connectivity index is 3.19.